The third kappa shape index (κ3) is 3.10. The molecule has 28 heavy (non-hydrogen) atoms. The van der Waals surface area contributed by atoms with E-state index >= 15 is 0 Å². The van der Waals surface area contributed by atoms with Gasteiger partial charge in [-0.3, -0.25) is 9.59 Å². The fraction of sp³-hybridized carbons (Fsp3) is 0.833. The molecular weight excluding hydrogens is 364 g/mol. The molecule has 4 heteroatoms. The molecule has 4 rings (SSSR count). The lowest BCUT2D eigenvalue weighted by Gasteiger charge is -2.60. The summed E-state index contributed by atoms with van der Waals surface area (Å²) in [5.41, 5.74) is 1.56. The van der Waals surface area contributed by atoms with E-state index in [2.05, 4.69) is 33.5 Å². The summed E-state index contributed by atoms with van der Waals surface area (Å²) < 4.78 is 6.72. The topological polar surface area (TPSA) is 43.4 Å². The van der Waals surface area contributed by atoms with Crippen LogP contribution >= 0.6 is 0 Å². The highest BCUT2D eigenvalue weighted by Gasteiger charge is 2.61. The molecule has 0 bridgehead atoms. The third-order valence-electron chi connectivity index (χ3n) is 8.94. The largest absolute Gasteiger partial charge is 0.411 e. The maximum absolute atomic E-state index is 12.4. The molecule has 156 valence electrons. The lowest BCUT2D eigenvalue weighted by atomic mass is 9.46. The van der Waals surface area contributed by atoms with Gasteiger partial charge in [-0.1, -0.05) is 13.8 Å². The molecule has 4 aliphatic rings. The zero-order valence-corrected chi connectivity index (χ0v) is 19.6. The molecule has 0 aliphatic heterocycles. The molecule has 0 unspecified atom stereocenters. The number of ketones is 2. The van der Waals surface area contributed by atoms with Crippen LogP contribution in [0.25, 0.3) is 0 Å². The molecule has 0 aromatic carbocycles. The maximum atomic E-state index is 12.4. The molecule has 0 radical (unpaired) electrons. The van der Waals surface area contributed by atoms with Crippen LogP contribution in [0.2, 0.25) is 19.6 Å². The highest BCUT2D eigenvalue weighted by Crippen LogP contribution is 2.67. The molecule has 0 aromatic rings. The average molecular weight is 403 g/mol. The fourth-order valence-electron chi connectivity index (χ4n) is 7.79. The Hall–Kier alpha value is -0.743. The number of hydrogen-bond donors (Lipinski definition) is 0. The van der Waals surface area contributed by atoms with Gasteiger partial charge in [0.1, 0.15) is 5.78 Å². The van der Waals surface area contributed by atoms with Crippen molar-refractivity contribution < 1.29 is 14.0 Å². The minimum absolute atomic E-state index is 0.0940. The van der Waals surface area contributed by atoms with E-state index in [0.29, 0.717) is 30.0 Å². The van der Waals surface area contributed by atoms with E-state index in [4.69, 9.17) is 4.43 Å². The van der Waals surface area contributed by atoms with E-state index in [1.165, 1.54) is 24.8 Å². The molecule has 0 heterocycles. The minimum Gasteiger partial charge on any atom is -0.411 e. The Bertz CT molecular complexity index is 720. The summed E-state index contributed by atoms with van der Waals surface area (Å²) in [6.45, 7) is 13.4. The van der Waals surface area contributed by atoms with E-state index in [1.54, 1.807) is 6.92 Å². The van der Waals surface area contributed by atoms with E-state index in [0.717, 1.165) is 19.3 Å². The predicted octanol–water partition coefficient (Wildman–Crippen LogP) is 5.55. The van der Waals surface area contributed by atoms with E-state index < -0.39 is 8.32 Å². The Balaban J connectivity index is 1.73. The molecule has 0 saturated heterocycles. The molecule has 7 atom stereocenters. The quantitative estimate of drug-likeness (QED) is 0.581. The molecule has 3 fully saturated rings. The molecule has 0 spiro atoms. The third-order valence-corrected chi connectivity index (χ3v) is 9.93. The van der Waals surface area contributed by atoms with Gasteiger partial charge in [-0.05, 0) is 105 Å². The average Bonchev–Trinajstić information content (AvgIpc) is 2.92. The van der Waals surface area contributed by atoms with Gasteiger partial charge in [-0.25, -0.2) is 0 Å². The fourth-order valence-corrected chi connectivity index (χ4v) is 8.86. The molecule has 0 amide bonds. The Labute approximate surface area is 171 Å². The predicted molar refractivity (Wildman–Crippen MR) is 114 cm³/mol. The Morgan fingerprint density at radius 3 is 2.46 bits per heavy atom. The minimum atomic E-state index is -1.72. The van der Waals surface area contributed by atoms with Crippen molar-refractivity contribution in [2.24, 2.45) is 34.5 Å². The van der Waals surface area contributed by atoms with Gasteiger partial charge in [0.05, 0.1) is 6.10 Å². The zero-order chi connectivity index (χ0) is 20.5. The molecule has 0 N–H and O–H groups in total. The highest BCUT2D eigenvalue weighted by molar-refractivity contribution is 6.69. The van der Waals surface area contributed by atoms with Gasteiger partial charge in [0.15, 0.2) is 14.1 Å². The number of rotatable bonds is 3. The molecule has 3 saturated carbocycles. The lowest BCUT2D eigenvalue weighted by Crippen LogP contribution is -2.55. The van der Waals surface area contributed by atoms with Crippen molar-refractivity contribution in [1.29, 1.82) is 0 Å². The first kappa shape index (κ1) is 20.5. The number of fused-ring (bicyclic) bond motifs is 5. The summed E-state index contributed by atoms with van der Waals surface area (Å²) in [4.78, 5) is 24.7. The van der Waals surface area contributed by atoms with Crippen LogP contribution in [-0.2, 0) is 14.0 Å². The molecule has 3 nitrogen and oxygen atoms in total. The second-order valence-electron chi connectivity index (χ2n) is 11.6. The molecule has 4 aliphatic carbocycles. The van der Waals surface area contributed by atoms with E-state index in [1.807, 2.05) is 6.08 Å². The number of carbonyl (C=O) groups excluding carboxylic acids is 2. The Morgan fingerprint density at radius 1 is 1.11 bits per heavy atom. The summed E-state index contributed by atoms with van der Waals surface area (Å²) in [5.74, 6) is 2.81. The van der Waals surface area contributed by atoms with Crippen molar-refractivity contribution in [3.05, 3.63) is 11.6 Å². The van der Waals surface area contributed by atoms with Gasteiger partial charge < -0.3 is 4.43 Å². The van der Waals surface area contributed by atoms with E-state index in [-0.39, 0.29) is 28.6 Å². The van der Waals surface area contributed by atoms with Crippen LogP contribution in [0.3, 0.4) is 0 Å². The summed E-state index contributed by atoms with van der Waals surface area (Å²) in [6, 6.07) is 0. The van der Waals surface area contributed by atoms with Crippen molar-refractivity contribution >= 4 is 19.9 Å². The number of Topliss-reactive ketones (excluding diaryl/α,β-unsaturated/α-hetero) is 1. The van der Waals surface area contributed by atoms with Crippen LogP contribution < -0.4 is 0 Å². The summed E-state index contributed by atoms with van der Waals surface area (Å²) in [6.07, 6.45) is 9.39. The van der Waals surface area contributed by atoms with Gasteiger partial charge in [0.2, 0.25) is 0 Å². The SMILES string of the molecule is CC(=O)[C@H]1CC[C@H]2[C@@H]3C[C@H](O[Si](C)(C)C)C4=CC(=O)CC[C@]4(C)[C@H]3CC[C@]12C. The van der Waals surface area contributed by atoms with Crippen molar-refractivity contribution in [3.63, 3.8) is 0 Å². The standard InChI is InChI=1S/C24H38O3Si/c1-15(25)18-7-8-19-17-14-22(27-28(4,5)6)21-13-16(26)9-11-24(21,3)20(17)10-12-23(18,19)2/h13,17-20,22H,7-12,14H2,1-6H3/t17-,18+,19-,20-,22-,23+,24+/m0/s1. The normalized spacial score (nSPS) is 45.7. The smallest absolute Gasteiger partial charge is 0.184 e. The van der Waals surface area contributed by atoms with Crippen LogP contribution in [0.1, 0.15) is 65.7 Å². The number of carbonyl (C=O) groups is 2. The van der Waals surface area contributed by atoms with Crippen LogP contribution in [-0.4, -0.2) is 26.0 Å². The van der Waals surface area contributed by atoms with E-state index in [9.17, 15) is 9.59 Å². The summed E-state index contributed by atoms with van der Waals surface area (Å²) in [7, 11) is -1.72. The van der Waals surface area contributed by atoms with Crippen LogP contribution in [0.5, 0.6) is 0 Å². The second kappa shape index (κ2) is 6.63. The van der Waals surface area contributed by atoms with Crippen LogP contribution in [0.4, 0.5) is 0 Å². The van der Waals surface area contributed by atoms with Gasteiger partial charge in [-0.2, -0.15) is 0 Å². The zero-order valence-electron chi connectivity index (χ0n) is 18.6. The van der Waals surface area contributed by atoms with Crippen LogP contribution in [0.15, 0.2) is 11.6 Å². The monoisotopic (exact) mass is 402 g/mol. The summed E-state index contributed by atoms with van der Waals surface area (Å²) in [5, 5.41) is 0. The Morgan fingerprint density at radius 2 is 1.82 bits per heavy atom. The van der Waals surface area contributed by atoms with Crippen molar-refractivity contribution in [1.82, 2.24) is 0 Å². The van der Waals surface area contributed by atoms with Crippen molar-refractivity contribution in [2.75, 3.05) is 0 Å². The van der Waals surface area contributed by atoms with Gasteiger partial charge in [0.25, 0.3) is 0 Å². The maximum Gasteiger partial charge on any atom is 0.184 e. The first-order valence-electron chi connectivity index (χ1n) is 11.4. The first-order chi connectivity index (χ1) is 13.0. The first-order valence-corrected chi connectivity index (χ1v) is 14.8. The van der Waals surface area contributed by atoms with Gasteiger partial charge in [0, 0.05) is 12.3 Å². The highest BCUT2D eigenvalue weighted by atomic mass is 28.4. The molecular formula is C24H38O3Si. The van der Waals surface area contributed by atoms with Crippen LogP contribution in [0, 0.1) is 34.5 Å². The van der Waals surface area contributed by atoms with Crippen molar-refractivity contribution in [3.8, 4) is 0 Å². The van der Waals surface area contributed by atoms with Gasteiger partial charge in [-0.15, -0.1) is 0 Å². The van der Waals surface area contributed by atoms with Gasteiger partial charge >= 0.3 is 0 Å². The van der Waals surface area contributed by atoms with Crippen molar-refractivity contribution in [2.45, 2.75) is 91.5 Å². The Kier molecular flexibility index (Phi) is 4.86. The number of hydrogen-bond acceptors (Lipinski definition) is 3. The second-order valence-corrected chi connectivity index (χ2v) is 16.1. The summed E-state index contributed by atoms with van der Waals surface area (Å²) >= 11 is 0. The molecule has 0 aromatic heterocycles. The lowest BCUT2D eigenvalue weighted by molar-refractivity contribution is -0.130.